The van der Waals surface area contributed by atoms with E-state index in [0.29, 0.717) is 22.5 Å². The van der Waals surface area contributed by atoms with Crippen molar-refractivity contribution in [1.29, 1.82) is 0 Å². The van der Waals surface area contributed by atoms with E-state index in [9.17, 15) is 18.4 Å². The van der Waals surface area contributed by atoms with Crippen LogP contribution in [0.4, 0.5) is 0 Å². The summed E-state index contributed by atoms with van der Waals surface area (Å²) in [4.78, 5) is 14.7. The van der Waals surface area contributed by atoms with Crippen molar-refractivity contribution in [2.45, 2.75) is 11.8 Å². The molecule has 1 aliphatic heterocycles. The lowest BCUT2D eigenvalue weighted by molar-refractivity contribution is 0.0666. The minimum Gasteiger partial charge on any atom is -0.493 e. The molecule has 1 amide bonds. The molecule has 0 unspecified atom stereocenters. The molecule has 2 aromatic carbocycles. The van der Waals surface area contributed by atoms with Gasteiger partial charge in [0.15, 0.2) is 17.3 Å². The summed E-state index contributed by atoms with van der Waals surface area (Å²) in [6, 6.07) is 11.2. The molecular formula is C23H25N3O7S. The minimum atomic E-state index is -3.79. The molecule has 0 spiro atoms. The summed E-state index contributed by atoms with van der Waals surface area (Å²) >= 11 is 0. The van der Waals surface area contributed by atoms with Crippen molar-refractivity contribution in [2.75, 3.05) is 40.4 Å². The van der Waals surface area contributed by atoms with Crippen molar-refractivity contribution < 1.29 is 32.3 Å². The van der Waals surface area contributed by atoms with Gasteiger partial charge in [-0.1, -0.05) is 11.2 Å². The second kappa shape index (κ2) is 9.35. The van der Waals surface area contributed by atoms with E-state index < -0.39 is 15.9 Å². The van der Waals surface area contributed by atoms with Gasteiger partial charge in [-0.15, -0.1) is 0 Å². The third-order valence-electron chi connectivity index (χ3n) is 5.74. The molecule has 4 rings (SSSR count). The van der Waals surface area contributed by atoms with Crippen molar-refractivity contribution in [3.8, 4) is 11.5 Å². The quantitative estimate of drug-likeness (QED) is 0.432. The first-order valence-corrected chi connectivity index (χ1v) is 12.0. The zero-order chi connectivity index (χ0) is 24.5. The molecule has 1 fully saturated rings. The molecular weight excluding hydrogens is 462 g/mol. The molecule has 1 aliphatic rings. The van der Waals surface area contributed by atoms with E-state index in [4.69, 9.17) is 13.9 Å². The van der Waals surface area contributed by atoms with Crippen LogP contribution in [0.1, 0.15) is 16.1 Å². The van der Waals surface area contributed by atoms with Crippen molar-refractivity contribution >= 4 is 26.9 Å². The van der Waals surface area contributed by atoms with Crippen molar-refractivity contribution in [3.63, 3.8) is 0 Å². The Morgan fingerprint density at radius 1 is 1.00 bits per heavy atom. The summed E-state index contributed by atoms with van der Waals surface area (Å²) in [7, 11) is -0.876. The summed E-state index contributed by atoms with van der Waals surface area (Å²) in [6.07, 6.45) is 0. The van der Waals surface area contributed by atoms with Gasteiger partial charge in [0, 0.05) is 43.7 Å². The smallest absolute Gasteiger partial charge is 0.289 e. The predicted molar refractivity (Wildman–Crippen MR) is 123 cm³/mol. The summed E-state index contributed by atoms with van der Waals surface area (Å²) in [5.41, 5.74) is 1.35. The number of methoxy groups -OCH3 is 2. The number of piperazine rings is 1. The SMILES string of the molecule is COc1ccc(S(=O)(=O)N2CCN(C(=O)c3c/c(=N\O)c4ccc(C)cc4o3)CC2)cc1OC. The van der Waals surface area contributed by atoms with Crippen LogP contribution in [0.5, 0.6) is 11.5 Å². The third kappa shape index (κ3) is 4.31. The molecule has 1 N–H and O–H groups in total. The van der Waals surface area contributed by atoms with Gasteiger partial charge in [-0.25, -0.2) is 8.42 Å². The summed E-state index contributed by atoms with van der Waals surface area (Å²) < 4.78 is 43.8. The lowest BCUT2D eigenvalue weighted by atomic mass is 10.1. The average molecular weight is 488 g/mol. The molecule has 0 saturated carbocycles. The second-order valence-electron chi connectivity index (χ2n) is 7.81. The Labute approximate surface area is 196 Å². The van der Waals surface area contributed by atoms with Crippen LogP contribution in [0, 0.1) is 6.92 Å². The molecule has 0 atom stereocenters. The van der Waals surface area contributed by atoms with Gasteiger partial charge < -0.3 is 24.0 Å². The molecule has 0 radical (unpaired) electrons. The van der Waals surface area contributed by atoms with Crippen LogP contribution < -0.4 is 14.8 Å². The fourth-order valence-electron chi connectivity index (χ4n) is 3.88. The number of aryl methyl sites for hydroxylation is 1. The summed E-state index contributed by atoms with van der Waals surface area (Å²) in [6.45, 7) is 2.48. The minimum absolute atomic E-state index is 0.0158. The lowest BCUT2D eigenvalue weighted by Crippen LogP contribution is -2.50. The monoisotopic (exact) mass is 487 g/mol. The second-order valence-corrected chi connectivity index (χ2v) is 9.75. The Morgan fingerprint density at radius 3 is 2.35 bits per heavy atom. The van der Waals surface area contributed by atoms with Gasteiger partial charge in [0.1, 0.15) is 10.9 Å². The number of rotatable bonds is 5. The molecule has 10 nitrogen and oxygen atoms in total. The maximum Gasteiger partial charge on any atom is 0.289 e. The normalized spacial score (nSPS) is 15.5. The fourth-order valence-corrected chi connectivity index (χ4v) is 5.32. The van der Waals surface area contributed by atoms with Crippen LogP contribution in [0.2, 0.25) is 0 Å². The lowest BCUT2D eigenvalue weighted by Gasteiger charge is -2.33. The number of fused-ring (bicyclic) bond motifs is 1. The van der Waals surface area contributed by atoms with Crippen LogP contribution in [0.3, 0.4) is 0 Å². The number of sulfonamides is 1. The van der Waals surface area contributed by atoms with Crippen LogP contribution in [0.25, 0.3) is 11.0 Å². The van der Waals surface area contributed by atoms with E-state index >= 15 is 0 Å². The summed E-state index contributed by atoms with van der Waals surface area (Å²) in [5.74, 6) is 0.356. The molecule has 2 heterocycles. The first kappa shape index (κ1) is 23.6. The van der Waals surface area contributed by atoms with E-state index in [0.717, 1.165) is 5.56 Å². The number of hydrogen-bond acceptors (Lipinski definition) is 8. The molecule has 1 aromatic heterocycles. The zero-order valence-electron chi connectivity index (χ0n) is 19.0. The average Bonchev–Trinajstić information content (AvgIpc) is 2.86. The first-order chi connectivity index (χ1) is 16.3. The molecule has 1 saturated heterocycles. The number of ether oxygens (including phenoxy) is 2. The van der Waals surface area contributed by atoms with Gasteiger partial charge in [-0.2, -0.15) is 4.31 Å². The first-order valence-electron chi connectivity index (χ1n) is 10.5. The van der Waals surface area contributed by atoms with E-state index in [1.807, 2.05) is 13.0 Å². The predicted octanol–water partition coefficient (Wildman–Crippen LogP) is 2.20. The van der Waals surface area contributed by atoms with Crippen molar-refractivity contribution in [2.24, 2.45) is 5.16 Å². The van der Waals surface area contributed by atoms with Gasteiger partial charge in [0.25, 0.3) is 5.91 Å². The fraction of sp³-hybridized carbons (Fsp3) is 0.304. The Bertz CT molecular complexity index is 1410. The molecule has 3 aromatic rings. The number of hydrogen-bond donors (Lipinski definition) is 1. The van der Waals surface area contributed by atoms with E-state index in [1.165, 1.54) is 47.7 Å². The van der Waals surface area contributed by atoms with Crippen LogP contribution in [0.15, 0.2) is 56.9 Å². The van der Waals surface area contributed by atoms with Gasteiger partial charge in [-0.3, -0.25) is 4.79 Å². The van der Waals surface area contributed by atoms with Gasteiger partial charge in [-0.05, 0) is 36.8 Å². The summed E-state index contributed by atoms with van der Waals surface area (Å²) in [5, 5.41) is 13.5. The molecule has 34 heavy (non-hydrogen) atoms. The maximum atomic E-state index is 13.1. The topological polar surface area (TPSA) is 122 Å². The standard InChI is InChI=1S/C23H25N3O7S/c1-15-4-6-17-18(24-28)14-22(33-20(17)12-15)23(27)25-8-10-26(11-9-25)34(29,30)16-5-7-19(31-2)21(13-16)32-3/h4-7,12-14,28H,8-11H2,1-3H3/b24-18+. The molecule has 180 valence electrons. The highest BCUT2D eigenvalue weighted by molar-refractivity contribution is 7.89. The van der Waals surface area contributed by atoms with Gasteiger partial charge >= 0.3 is 0 Å². The number of carbonyl (C=O) groups is 1. The number of amides is 1. The number of carbonyl (C=O) groups excluding carboxylic acids is 1. The molecule has 11 heteroatoms. The Balaban J connectivity index is 1.53. The van der Waals surface area contributed by atoms with Crippen LogP contribution in [-0.4, -0.2) is 69.1 Å². The Hall–Kier alpha value is -3.57. The number of benzene rings is 2. The molecule has 0 bridgehead atoms. The largest absolute Gasteiger partial charge is 0.493 e. The van der Waals surface area contributed by atoms with Gasteiger partial charge in [0.2, 0.25) is 10.0 Å². The van der Waals surface area contributed by atoms with Crippen LogP contribution in [-0.2, 0) is 10.0 Å². The highest BCUT2D eigenvalue weighted by Crippen LogP contribution is 2.31. The highest BCUT2D eigenvalue weighted by Gasteiger charge is 2.32. The van der Waals surface area contributed by atoms with E-state index in [2.05, 4.69) is 5.16 Å². The zero-order valence-corrected chi connectivity index (χ0v) is 19.8. The maximum absolute atomic E-state index is 13.1. The highest BCUT2D eigenvalue weighted by atomic mass is 32.2. The Kier molecular flexibility index (Phi) is 6.49. The van der Waals surface area contributed by atoms with E-state index in [-0.39, 0.29) is 42.2 Å². The third-order valence-corrected chi connectivity index (χ3v) is 7.63. The molecule has 0 aliphatic carbocycles. The van der Waals surface area contributed by atoms with E-state index in [1.54, 1.807) is 12.1 Å². The van der Waals surface area contributed by atoms with Gasteiger partial charge in [0.05, 0.1) is 19.1 Å². The number of nitrogens with zero attached hydrogens (tertiary/aromatic N) is 3. The van der Waals surface area contributed by atoms with Crippen molar-refractivity contribution in [1.82, 2.24) is 9.21 Å². The van der Waals surface area contributed by atoms with Crippen molar-refractivity contribution in [3.05, 3.63) is 59.1 Å². The Morgan fingerprint density at radius 2 is 1.71 bits per heavy atom. The van der Waals surface area contributed by atoms with Crippen LogP contribution >= 0.6 is 0 Å².